The first-order valence-corrected chi connectivity index (χ1v) is 8.49. The summed E-state index contributed by atoms with van der Waals surface area (Å²) in [5.74, 6) is 0.768. The van der Waals surface area contributed by atoms with E-state index >= 15 is 0 Å². The molecule has 1 aliphatic carbocycles. The van der Waals surface area contributed by atoms with Gasteiger partial charge in [-0.05, 0) is 50.2 Å². The summed E-state index contributed by atoms with van der Waals surface area (Å²) in [6.45, 7) is 1.27. The Morgan fingerprint density at radius 3 is 2.54 bits per heavy atom. The molecule has 0 radical (unpaired) electrons. The molecule has 1 aromatic heterocycles. The quantitative estimate of drug-likeness (QED) is 0.913. The van der Waals surface area contributed by atoms with Gasteiger partial charge in [0.25, 0.3) is 0 Å². The zero-order chi connectivity index (χ0) is 17.2. The van der Waals surface area contributed by atoms with Crippen molar-refractivity contribution in [2.45, 2.75) is 50.7 Å². The van der Waals surface area contributed by atoms with E-state index in [0.717, 1.165) is 37.8 Å². The highest BCUT2D eigenvalue weighted by Crippen LogP contribution is 2.32. The number of carbonyl (C=O) groups excluding carboxylic acids is 1. The second-order valence-electron chi connectivity index (χ2n) is 6.73. The number of hydrogen-bond acceptors (Lipinski definition) is 3. The van der Waals surface area contributed by atoms with Gasteiger partial charge in [-0.1, -0.05) is 0 Å². The molecule has 1 amide bonds. The number of nitrogens with one attached hydrogen (secondary N) is 1. The molecule has 3 rings (SSSR count). The molecule has 2 heterocycles. The first kappa shape index (κ1) is 17.0. The highest BCUT2D eigenvalue weighted by molar-refractivity contribution is 5.76. The molecule has 0 unspecified atom stereocenters. The van der Waals surface area contributed by atoms with Crippen LogP contribution in [0.1, 0.15) is 44.1 Å². The van der Waals surface area contributed by atoms with E-state index < -0.39 is 11.7 Å². The second-order valence-corrected chi connectivity index (χ2v) is 6.73. The zero-order valence-electron chi connectivity index (χ0n) is 13.5. The van der Waals surface area contributed by atoms with Gasteiger partial charge in [-0.2, -0.15) is 13.2 Å². The SMILES string of the molecule is O=C(CC1CCN(c2cc(C(F)(F)F)ccn2)CC1)NC1CCC1. The Hall–Kier alpha value is -1.79. The molecule has 1 saturated heterocycles. The minimum absolute atomic E-state index is 0.107. The summed E-state index contributed by atoms with van der Waals surface area (Å²) >= 11 is 0. The van der Waals surface area contributed by atoms with E-state index in [0.29, 0.717) is 37.3 Å². The molecule has 1 N–H and O–H groups in total. The van der Waals surface area contributed by atoms with E-state index in [1.54, 1.807) is 0 Å². The van der Waals surface area contributed by atoms with Crippen LogP contribution >= 0.6 is 0 Å². The highest BCUT2D eigenvalue weighted by Gasteiger charge is 2.32. The number of aromatic nitrogens is 1. The third-order valence-electron chi connectivity index (χ3n) is 4.96. The number of hydrogen-bond donors (Lipinski definition) is 1. The Morgan fingerprint density at radius 1 is 1.25 bits per heavy atom. The maximum absolute atomic E-state index is 12.8. The van der Waals surface area contributed by atoms with E-state index in [1.165, 1.54) is 12.6 Å². The molecule has 0 atom stereocenters. The lowest BCUT2D eigenvalue weighted by molar-refractivity contribution is -0.137. The van der Waals surface area contributed by atoms with Crippen molar-refractivity contribution in [2.24, 2.45) is 5.92 Å². The van der Waals surface area contributed by atoms with Crippen LogP contribution in [0, 0.1) is 5.92 Å². The number of nitrogens with zero attached hydrogens (tertiary/aromatic N) is 2. The molecular formula is C17H22F3N3O. The zero-order valence-corrected chi connectivity index (χ0v) is 13.5. The van der Waals surface area contributed by atoms with Crippen molar-refractivity contribution in [3.63, 3.8) is 0 Å². The van der Waals surface area contributed by atoms with Crippen LogP contribution < -0.4 is 10.2 Å². The molecule has 7 heteroatoms. The second kappa shape index (κ2) is 6.99. The molecule has 0 spiro atoms. The van der Waals surface area contributed by atoms with Gasteiger partial charge >= 0.3 is 6.18 Å². The molecule has 4 nitrogen and oxygen atoms in total. The van der Waals surface area contributed by atoms with Crippen LogP contribution in [0.15, 0.2) is 18.3 Å². The average molecular weight is 341 g/mol. The van der Waals surface area contributed by atoms with Crippen LogP contribution in [0.3, 0.4) is 0 Å². The molecule has 0 bridgehead atoms. The predicted octanol–water partition coefficient (Wildman–Crippen LogP) is 3.38. The first-order chi connectivity index (χ1) is 11.4. The summed E-state index contributed by atoms with van der Waals surface area (Å²) in [6, 6.07) is 2.44. The third kappa shape index (κ3) is 4.19. The van der Waals surface area contributed by atoms with Gasteiger partial charge in [0.2, 0.25) is 5.91 Å². The smallest absolute Gasteiger partial charge is 0.357 e. The number of pyridine rings is 1. The monoisotopic (exact) mass is 341 g/mol. The number of anilines is 1. The van der Waals surface area contributed by atoms with E-state index in [2.05, 4.69) is 10.3 Å². The van der Waals surface area contributed by atoms with Gasteiger partial charge in [0, 0.05) is 31.7 Å². The number of rotatable bonds is 4. The fourth-order valence-electron chi connectivity index (χ4n) is 3.24. The Kier molecular flexibility index (Phi) is 4.96. The fourth-order valence-corrected chi connectivity index (χ4v) is 3.24. The molecular weight excluding hydrogens is 319 g/mol. The summed E-state index contributed by atoms with van der Waals surface area (Å²) in [5, 5.41) is 3.04. The molecule has 1 aromatic rings. The number of alkyl halides is 3. The van der Waals surface area contributed by atoms with Crippen LogP contribution in [-0.2, 0) is 11.0 Å². The van der Waals surface area contributed by atoms with Crippen molar-refractivity contribution in [1.82, 2.24) is 10.3 Å². The predicted molar refractivity (Wildman–Crippen MR) is 84.6 cm³/mol. The van der Waals surface area contributed by atoms with E-state index in [9.17, 15) is 18.0 Å². The number of amides is 1. The van der Waals surface area contributed by atoms with Crippen LogP contribution in [-0.4, -0.2) is 30.0 Å². The van der Waals surface area contributed by atoms with Crippen LogP contribution in [0.2, 0.25) is 0 Å². The standard InChI is InChI=1S/C17H22F3N3O/c18-17(19,20)13-4-7-21-15(11-13)23-8-5-12(6-9-23)10-16(24)22-14-2-1-3-14/h4,7,11-12,14H,1-3,5-6,8-10H2,(H,22,24). The van der Waals surface area contributed by atoms with Crippen molar-refractivity contribution in [2.75, 3.05) is 18.0 Å². The molecule has 2 aliphatic rings. The highest BCUT2D eigenvalue weighted by atomic mass is 19.4. The Bertz CT molecular complexity index is 579. The lowest BCUT2D eigenvalue weighted by Crippen LogP contribution is -2.41. The van der Waals surface area contributed by atoms with Gasteiger partial charge in [-0.25, -0.2) is 4.98 Å². The molecule has 1 saturated carbocycles. The van der Waals surface area contributed by atoms with Crippen LogP contribution in [0.5, 0.6) is 0 Å². The summed E-state index contributed by atoms with van der Waals surface area (Å²) < 4.78 is 38.4. The summed E-state index contributed by atoms with van der Waals surface area (Å²) in [4.78, 5) is 17.9. The van der Waals surface area contributed by atoms with E-state index in [1.807, 2.05) is 4.90 Å². The summed E-state index contributed by atoms with van der Waals surface area (Å²) in [6.07, 6.45) is 2.31. The molecule has 0 aromatic carbocycles. The third-order valence-corrected chi connectivity index (χ3v) is 4.96. The number of carbonyl (C=O) groups is 1. The van der Waals surface area contributed by atoms with Gasteiger partial charge in [-0.15, -0.1) is 0 Å². The van der Waals surface area contributed by atoms with Gasteiger partial charge < -0.3 is 10.2 Å². The Balaban J connectivity index is 1.50. The van der Waals surface area contributed by atoms with Crippen LogP contribution in [0.4, 0.5) is 19.0 Å². The lowest BCUT2D eigenvalue weighted by Gasteiger charge is -2.33. The average Bonchev–Trinajstić information content (AvgIpc) is 2.51. The largest absolute Gasteiger partial charge is 0.416 e. The maximum Gasteiger partial charge on any atom is 0.416 e. The van der Waals surface area contributed by atoms with Crippen molar-refractivity contribution in [3.05, 3.63) is 23.9 Å². The molecule has 24 heavy (non-hydrogen) atoms. The minimum Gasteiger partial charge on any atom is -0.357 e. The Labute approximate surface area is 139 Å². The lowest BCUT2D eigenvalue weighted by atomic mass is 9.90. The normalized spacial score (nSPS) is 19.9. The number of piperidine rings is 1. The Morgan fingerprint density at radius 2 is 1.96 bits per heavy atom. The molecule has 2 fully saturated rings. The van der Waals surface area contributed by atoms with E-state index in [-0.39, 0.29) is 5.91 Å². The summed E-state index contributed by atoms with van der Waals surface area (Å²) in [7, 11) is 0. The molecule has 1 aliphatic heterocycles. The topological polar surface area (TPSA) is 45.2 Å². The van der Waals surface area contributed by atoms with Crippen molar-refractivity contribution >= 4 is 11.7 Å². The van der Waals surface area contributed by atoms with E-state index in [4.69, 9.17) is 0 Å². The maximum atomic E-state index is 12.8. The van der Waals surface area contributed by atoms with Crippen molar-refractivity contribution in [3.8, 4) is 0 Å². The summed E-state index contributed by atoms with van der Waals surface area (Å²) in [5.41, 5.74) is -0.672. The van der Waals surface area contributed by atoms with Crippen molar-refractivity contribution < 1.29 is 18.0 Å². The van der Waals surface area contributed by atoms with Gasteiger partial charge in [0.05, 0.1) is 5.56 Å². The van der Waals surface area contributed by atoms with Gasteiger partial charge in [0.15, 0.2) is 0 Å². The number of halogens is 3. The fraction of sp³-hybridized carbons (Fsp3) is 0.647. The van der Waals surface area contributed by atoms with Crippen molar-refractivity contribution in [1.29, 1.82) is 0 Å². The first-order valence-electron chi connectivity index (χ1n) is 8.49. The van der Waals surface area contributed by atoms with Gasteiger partial charge in [-0.3, -0.25) is 4.79 Å². The van der Waals surface area contributed by atoms with Crippen LogP contribution in [0.25, 0.3) is 0 Å². The van der Waals surface area contributed by atoms with Gasteiger partial charge in [0.1, 0.15) is 5.82 Å². The minimum atomic E-state index is -4.35. The molecule has 132 valence electrons.